The van der Waals surface area contributed by atoms with Crippen LogP contribution < -0.4 is 0 Å². The van der Waals surface area contributed by atoms with Crippen molar-refractivity contribution in [3.8, 4) is 0 Å². The lowest BCUT2D eigenvalue weighted by atomic mass is 9.69. The molecule has 1 aliphatic rings. The summed E-state index contributed by atoms with van der Waals surface area (Å²) in [6.07, 6.45) is 4.16. The van der Waals surface area contributed by atoms with Crippen LogP contribution in [0.25, 0.3) is 0 Å². The zero-order valence-corrected chi connectivity index (χ0v) is 10.6. The van der Waals surface area contributed by atoms with Gasteiger partial charge in [-0.15, -0.1) is 0 Å². The van der Waals surface area contributed by atoms with E-state index in [1.807, 2.05) is 0 Å². The van der Waals surface area contributed by atoms with Gasteiger partial charge in [0.05, 0.1) is 0 Å². The van der Waals surface area contributed by atoms with E-state index < -0.39 is 0 Å². The van der Waals surface area contributed by atoms with Crippen molar-refractivity contribution in [2.45, 2.75) is 47.0 Å². The first kappa shape index (κ1) is 12.0. The Kier molecular flexibility index (Phi) is 4.00. The number of rotatable bonds is 2. The molecule has 1 aliphatic heterocycles. The minimum Gasteiger partial charge on any atom is -0.306 e. The zero-order chi connectivity index (χ0) is 10.8. The maximum absolute atomic E-state index is 2.46. The molecule has 0 aromatic heterocycles. The van der Waals surface area contributed by atoms with E-state index in [1.165, 1.54) is 32.4 Å². The van der Waals surface area contributed by atoms with Crippen molar-refractivity contribution < 1.29 is 0 Å². The van der Waals surface area contributed by atoms with Crippen LogP contribution in [0.5, 0.6) is 0 Å². The molecule has 0 bridgehead atoms. The molecular weight excluding hydrogens is 170 g/mol. The molecule has 0 saturated carbocycles. The van der Waals surface area contributed by atoms with Gasteiger partial charge in [-0.3, -0.25) is 0 Å². The number of hydrogen-bond acceptors (Lipinski definition) is 1. The van der Waals surface area contributed by atoms with Crippen molar-refractivity contribution in [3.05, 3.63) is 0 Å². The molecule has 1 heteroatoms. The Balaban J connectivity index is 2.54. The second kappa shape index (κ2) is 4.65. The molecule has 1 saturated heterocycles. The van der Waals surface area contributed by atoms with E-state index in [9.17, 15) is 0 Å². The highest BCUT2D eigenvalue weighted by Gasteiger charge is 2.32. The smallest absolute Gasteiger partial charge is 0.00190 e. The molecule has 0 aromatic rings. The Bertz CT molecular complexity index is 161. The minimum absolute atomic E-state index is 0.495. The SMILES string of the molecule is CC[C@H](C1CCN(C)CC1)C(C)(C)C. The third-order valence-corrected chi connectivity index (χ3v) is 3.88. The summed E-state index contributed by atoms with van der Waals surface area (Å²) in [5.74, 6) is 1.88. The maximum Gasteiger partial charge on any atom is -0.00190 e. The first-order valence-electron chi connectivity index (χ1n) is 6.13. The van der Waals surface area contributed by atoms with Gasteiger partial charge in [0.15, 0.2) is 0 Å². The van der Waals surface area contributed by atoms with Gasteiger partial charge in [-0.2, -0.15) is 0 Å². The maximum atomic E-state index is 2.46. The molecule has 1 nitrogen and oxygen atoms in total. The fourth-order valence-electron chi connectivity index (χ4n) is 3.08. The molecule has 0 aliphatic carbocycles. The summed E-state index contributed by atoms with van der Waals surface area (Å²) in [6.45, 7) is 12.2. The lowest BCUT2D eigenvalue weighted by molar-refractivity contribution is 0.0930. The Hall–Kier alpha value is -0.0400. The molecular formula is C13H27N. The minimum atomic E-state index is 0.495. The molecule has 0 spiro atoms. The summed E-state index contributed by atoms with van der Waals surface area (Å²) in [5.41, 5.74) is 0.495. The summed E-state index contributed by atoms with van der Waals surface area (Å²) in [5, 5.41) is 0. The van der Waals surface area contributed by atoms with Gasteiger partial charge in [0.1, 0.15) is 0 Å². The van der Waals surface area contributed by atoms with E-state index in [4.69, 9.17) is 0 Å². The topological polar surface area (TPSA) is 3.24 Å². The van der Waals surface area contributed by atoms with Gasteiger partial charge in [-0.25, -0.2) is 0 Å². The van der Waals surface area contributed by atoms with Crippen LogP contribution in [0.3, 0.4) is 0 Å². The number of hydrogen-bond donors (Lipinski definition) is 0. The predicted octanol–water partition coefficient (Wildman–Crippen LogP) is 3.40. The van der Waals surface area contributed by atoms with Gasteiger partial charge in [0.25, 0.3) is 0 Å². The Morgan fingerprint density at radius 1 is 1.21 bits per heavy atom. The number of nitrogens with zero attached hydrogens (tertiary/aromatic N) is 1. The molecule has 1 fully saturated rings. The van der Waals surface area contributed by atoms with E-state index in [2.05, 4.69) is 39.6 Å². The summed E-state index contributed by atoms with van der Waals surface area (Å²) in [7, 11) is 2.24. The van der Waals surface area contributed by atoms with Crippen LogP contribution in [0, 0.1) is 17.3 Å². The van der Waals surface area contributed by atoms with E-state index in [0.717, 1.165) is 11.8 Å². The van der Waals surface area contributed by atoms with Crippen LogP contribution in [0.15, 0.2) is 0 Å². The monoisotopic (exact) mass is 197 g/mol. The normalized spacial score (nSPS) is 23.8. The van der Waals surface area contributed by atoms with Crippen molar-refractivity contribution in [2.24, 2.45) is 17.3 Å². The Labute approximate surface area is 89.9 Å². The standard InChI is InChI=1S/C13H27N/c1-6-12(13(2,3)4)11-7-9-14(5)10-8-11/h11-12H,6-10H2,1-5H3/t12-/m1/s1. The Morgan fingerprint density at radius 2 is 1.71 bits per heavy atom. The van der Waals surface area contributed by atoms with Gasteiger partial charge in [-0.05, 0) is 50.2 Å². The van der Waals surface area contributed by atoms with Gasteiger partial charge in [0, 0.05) is 0 Å². The molecule has 0 N–H and O–H groups in total. The van der Waals surface area contributed by atoms with Crippen molar-refractivity contribution in [2.75, 3.05) is 20.1 Å². The quantitative estimate of drug-likeness (QED) is 0.656. The molecule has 0 amide bonds. The van der Waals surface area contributed by atoms with Crippen LogP contribution in [-0.4, -0.2) is 25.0 Å². The highest BCUT2D eigenvalue weighted by molar-refractivity contribution is 4.83. The fourth-order valence-corrected chi connectivity index (χ4v) is 3.08. The van der Waals surface area contributed by atoms with Crippen LogP contribution in [-0.2, 0) is 0 Å². The van der Waals surface area contributed by atoms with Crippen molar-refractivity contribution >= 4 is 0 Å². The summed E-state index contributed by atoms with van der Waals surface area (Å²) >= 11 is 0. The zero-order valence-electron chi connectivity index (χ0n) is 10.6. The van der Waals surface area contributed by atoms with Crippen LogP contribution >= 0.6 is 0 Å². The fraction of sp³-hybridized carbons (Fsp3) is 1.00. The second-order valence-corrected chi connectivity index (χ2v) is 6.02. The van der Waals surface area contributed by atoms with Crippen LogP contribution in [0.4, 0.5) is 0 Å². The molecule has 0 unspecified atom stereocenters. The lowest BCUT2D eigenvalue weighted by Crippen LogP contribution is -2.37. The Morgan fingerprint density at radius 3 is 2.07 bits per heavy atom. The van der Waals surface area contributed by atoms with E-state index in [0.29, 0.717) is 5.41 Å². The average Bonchev–Trinajstić information content (AvgIpc) is 2.07. The molecule has 84 valence electrons. The largest absolute Gasteiger partial charge is 0.306 e. The van der Waals surface area contributed by atoms with Gasteiger partial charge in [0.2, 0.25) is 0 Å². The number of piperidine rings is 1. The first-order chi connectivity index (χ1) is 6.45. The van der Waals surface area contributed by atoms with E-state index >= 15 is 0 Å². The summed E-state index contributed by atoms with van der Waals surface area (Å²) in [6, 6.07) is 0. The lowest BCUT2D eigenvalue weighted by Gasteiger charge is -2.40. The van der Waals surface area contributed by atoms with Gasteiger partial charge >= 0.3 is 0 Å². The molecule has 0 aromatic carbocycles. The van der Waals surface area contributed by atoms with Crippen LogP contribution in [0.2, 0.25) is 0 Å². The number of likely N-dealkylation sites (tertiary alicyclic amines) is 1. The van der Waals surface area contributed by atoms with E-state index in [1.54, 1.807) is 0 Å². The average molecular weight is 197 g/mol. The second-order valence-electron chi connectivity index (χ2n) is 6.02. The van der Waals surface area contributed by atoms with Crippen molar-refractivity contribution in [1.82, 2.24) is 4.90 Å². The molecule has 0 radical (unpaired) electrons. The molecule has 14 heavy (non-hydrogen) atoms. The highest BCUT2D eigenvalue weighted by atomic mass is 15.1. The first-order valence-corrected chi connectivity index (χ1v) is 6.13. The molecule has 1 atom stereocenters. The van der Waals surface area contributed by atoms with Crippen molar-refractivity contribution in [3.63, 3.8) is 0 Å². The van der Waals surface area contributed by atoms with E-state index in [-0.39, 0.29) is 0 Å². The van der Waals surface area contributed by atoms with Gasteiger partial charge < -0.3 is 4.90 Å². The van der Waals surface area contributed by atoms with Gasteiger partial charge in [-0.1, -0.05) is 34.1 Å². The highest BCUT2D eigenvalue weighted by Crippen LogP contribution is 2.39. The predicted molar refractivity (Wildman–Crippen MR) is 63.5 cm³/mol. The third-order valence-electron chi connectivity index (χ3n) is 3.88. The summed E-state index contributed by atoms with van der Waals surface area (Å²) < 4.78 is 0. The molecule has 1 heterocycles. The summed E-state index contributed by atoms with van der Waals surface area (Å²) in [4.78, 5) is 2.46. The molecule has 1 rings (SSSR count). The van der Waals surface area contributed by atoms with Crippen molar-refractivity contribution in [1.29, 1.82) is 0 Å². The van der Waals surface area contributed by atoms with Crippen LogP contribution in [0.1, 0.15) is 47.0 Å². The third kappa shape index (κ3) is 2.98.